The number of sulfonamides is 1. The van der Waals surface area contributed by atoms with Crippen molar-refractivity contribution in [1.29, 1.82) is 5.41 Å². The van der Waals surface area contributed by atoms with Crippen molar-refractivity contribution in [2.75, 3.05) is 25.9 Å². The molecule has 1 rings (SSSR count). The van der Waals surface area contributed by atoms with E-state index in [4.69, 9.17) is 5.41 Å². The summed E-state index contributed by atoms with van der Waals surface area (Å²) in [7, 11) is -3.14. The molecule has 0 bridgehead atoms. The predicted molar refractivity (Wildman–Crippen MR) is 74.3 cm³/mol. The first-order valence-electron chi connectivity index (χ1n) is 5.86. The van der Waals surface area contributed by atoms with E-state index in [0.717, 1.165) is 11.3 Å². The molecule has 1 heterocycles. The third-order valence-electron chi connectivity index (χ3n) is 3.15. The highest BCUT2D eigenvalue weighted by atomic mass is 32.2. The SMILES string of the molecule is C=C/C(=C(\C)C=N)N1CCN(S(C)(=O)=O)C(C)C1. The molecule has 0 aromatic rings. The lowest BCUT2D eigenvalue weighted by Gasteiger charge is -2.40. The molecule has 5 nitrogen and oxygen atoms in total. The molecule has 102 valence electrons. The lowest BCUT2D eigenvalue weighted by Crippen LogP contribution is -2.53. The fourth-order valence-corrected chi connectivity index (χ4v) is 3.40. The molecule has 1 aliphatic rings. The molecule has 0 spiro atoms. The maximum atomic E-state index is 11.6. The van der Waals surface area contributed by atoms with Crippen molar-refractivity contribution in [3.63, 3.8) is 0 Å². The first-order valence-corrected chi connectivity index (χ1v) is 7.71. The molecular formula is C12H21N3O2S. The molecule has 0 aromatic carbocycles. The number of nitrogens with one attached hydrogen (secondary N) is 1. The van der Waals surface area contributed by atoms with Gasteiger partial charge in [0.1, 0.15) is 0 Å². The van der Waals surface area contributed by atoms with E-state index in [1.807, 2.05) is 13.8 Å². The van der Waals surface area contributed by atoms with Gasteiger partial charge in [0, 0.05) is 37.6 Å². The minimum atomic E-state index is -3.14. The summed E-state index contributed by atoms with van der Waals surface area (Å²) in [6.07, 6.45) is 4.26. The number of allylic oxidation sites excluding steroid dienone is 2. The van der Waals surface area contributed by atoms with Gasteiger partial charge in [-0.3, -0.25) is 0 Å². The van der Waals surface area contributed by atoms with Gasteiger partial charge in [0.15, 0.2) is 0 Å². The Morgan fingerprint density at radius 1 is 1.44 bits per heavy atom. The molecule has 1 aliphatic heterocycles. The fraction of sp³-hybridized carbons (Fsp3) is 0.583. The van der Waals surface area contributed by atoms with Crippen LogP contribution in [0.1, 0.15) is 13.8 Å². The topological polar surface area (TPSA) is 64.5 Å². The van der Waals surface area contributed by atoms with Crippen molar-refractivity contribution in [2.45, 2.75) is 19.9 Å². The van der Waals surface area contributed by atoms with E-state index in [-0.39, 0.29) is 6.04 Å². The Bertz CT molecular complexity index is 468. The van der Waals surface area contributed by atoms with E-state index < -0.39 is 10.0 Å². The van der Waals surface area contributed by atoms with Crippen molar-refractivity contribution >= 4 is 16.2 Å². The standard InChI is InChI=1S/C12H21N3O2S/c1-5-12(10(2)8-13)14-6-7-15(11(3)9-14)18(4,16)17/h5,8,11,13H,1,6-7,9H2,2-4H3/b12-10-,13-8?. The normalized spacial score (nSPS) is 23.5. The predicted octanol–water partition coefficient (Wildman–Crippen LogP) is 1.06. The van der Waals surface area contributed by atoms with Crippen molar-refractivity contribution < 1.29 is 8.42 Å². The van der Waals surface area contributed by atoms with Crippen LogP contribution in [0.5, 0.6) is 0 Å². The van der Waals surface area contributed by atoms with Crippen LogP contribution in [0, 0.1) is 5.41 Å². The molecule has 1 atom stereocenters. The van der Waals surface area contributed by atoms with E-state index >= 15 is 0 Å². The van der Waals surface area contributed by atoms with E-state index in [0.29, 0.717) is 19.6 Å². The Morgan fingerprint density at radius 2 is 2.06 bits per heavy atom. The highest BCUT2D eigenvalue weighted by Gasteiger charge is 2.30. The van der Waals surface area contributed by atoms with Crippen LogP contribution in [-0.4, -0.2) is 55.8 Å². The van der Waals surface area contributed by atoms with Crippen molar-refractivity contribution in [3.05, 3.63) is 23.9 Å². The van der Waals surface area contributed by atoms with Crippen LogP contribution < -0.4 is 0 Å². The summed E-state index contributed by atoms with van der Waals surface area (Å²) in [6, 6.07) is -0.0674. The second-order valence-corrected chi connectivity index (χ2v) is 6.52. The van der Waals surface area contributed by atoms with Crippen molar-refractivity contribution in [3.8, 4) is 0 Å². The van der Waals surface area contributed by atoms with Crippen LogP contribution in [0.4, 0.5) is 0 Å². The quantitative estimate of drug-likeness (QED) is 0.614. The van der Waals surface area contributed by atoms with Gasteiger partial charge < -0.3 is 10.3 Å². The van der Waals surface area contributed by atoms with Crippen LogP contribution in [0.15, 0.2) is 23.9 Å². The minimum Gasteiger partial charge on any atom is -0.368 e. The van der Waals surface area contributed by atoms with Crippen molar-refractivity contribution in [1.82, 2.24) is 9.21 Å². The Hall–Kier alpha value is -1.14. The molecular weight excluding hydrogens is 250 g/mol. The van der Waals surface area contributed by atoms with Crippen LogP contribution in [-0.2, 0) is 10.0 Å². The Labute approximate surface area is 109 Å². The number of hydrogen-bond donors (Lipinski definition) is 1. The van der Waals surface area contributed by atoms with Crippen LogP contribution in [0.2, 0.25) is 0 Å². The smallest absolute Gasteiger partial charge is 0.211 e. The van der Waals surface area contributed by atoms with Crippen LogP contribution >= 0.6 is 0 Å². The summed E-state index contributed by atoms with van der Waals surface area (Å²) < 4.78 is 24.7. The maximum absolute atomic E-state index is 11.6. The van der Waals surface area contributed by atoms with E-state index in [9.17, 15) is 8.42 Å². The van der Waals surface area contributed by atoms with Gasteiger partial charge in [0.05, 0.1) is 6.26 Å². The minimum absolute atomic E-state index is 0.0674. The Balaban J connectivity index is 2.90. The molecule has 18 heavy (non-hydrogen) atoms. The summed E-state index contributed by atoms with van der Waals surface area (Å²) in [4.78, 5) is 2.08. The maximum Gasteiger partial charge on any atom is 0.211 e. The third kappa shape index (κ3) is 3.20. The Kier molecular flexibility index (Phi) is 4.70. The largest absolute Gasteiger partial charge is 0.368 e. The van der Waals surface area contributed by atoms with Gasteiger partial charge in [-0.2, -0.15) is 4.31 Å². The number of hydrogen-bond acceptors (Lipinski definition) is 4. The van der Waals surface area contributed by atoms with E-state index in [1.54, 1.807) is 6.08 Å². The van der Waals surface area contributed by atoms with Crippen LogP contribution in [0.25, 0.3) is 0 Å². The number of nitrogens with zero attached hydrogens (tertiary/aromatic N) is 2. The molecule has 0 saturated carbocycles. The molecule has 0 aliphatic carbocycles. The second kappa shape index (κ2) is 5.67. The molecule has 6 heteroatoms. The zero-order valence-corrected chi connectivity index (χ0v) is 12.0. The highest BCUT2D eigenvalue weighted by Crippen LogP contribution is 2.19. The molecule has 1 fully saturated rings. The zero-order chi connectivity index (χ0) is 13.9. The van der Waals surface area contributed by atoms with Gasteiger partial charge in [-0.05, 0) is 25.5 Å². The Morgan fingerprint density at radius 3 is 2.44 bits per heavy atom. The number of piperazine rings is 1. The third-order valence-corrected chi connectivity index (χ3v) is 4.54. The average molecular weight is 271 g/mol. The van der Waals surface area contributed by atoms with Gasteiger partial charge in [-0.25, -0.2) is 8.42 Å². The first kappa shape index (κ1) is 14.9. The summed E-state index contributed by atoms with van der Waals surface area (Å²) in [5.41, 5.74) is 1.75. The molecule has 1 saturated heterocycles. The summed E-state index contributed by atoms with van der Waals surface area (Å²) >= 11 is 0. The van der Waals surface area contributed by atoms with Gasteiger partial charge >= 0.3 is 0 Å². The average Bonchev–Trinajstić information content (AvgIpc) is 2.28. The second-order valence-electron chi connectivity index (χ2n) is 4.59. The van der Waals surface area contributed by atoms with E-state index in [2.05, 4.69) is 11.5 Å². The van der Waals surface area contributed by atoms with Gasteiger partial charge in [-0.15, -0.1) is 0 Å². The highest BCUT2D eigenvalue weighted by molar-refractivity contribution is 7.88. The molecule has 0 amide bonds. The van der Waals surface area contributed by atoms with E-state index in [1.165, 1.54) is 16.8 Å². The lowest BCUT2D eigenvalue weighted by molar-refractivity contribution is 0.180. The molecule has 1 unspecified atom stereocenters. The fourth-order valence-electron chi connectivity index (χ4n) is 2.27. The van der Waals surface area contributed by atoms with Crippen molar-refractivity contribution in [2.24, 2.45) is 0 Å². The monoisotopic (exact) mass is 271 g/mol. The molecule has 0 radical (unpaired) electrons. The molecule has 0 aromatic heterocycles. The van der Waals surface area contributed by atoms with Gasteiger partial charge in [-0.1, -0.05) is 6.58 Å². The summed E-state index contributed by atoms with van der Waals surface area (Å²) in [5, 5.41) is 7.29. The zero-order valence-electron chi connectivity index (χ0n) is 11.2. The summed E-state index contributed by atoms with van der Waals surface area (Å²) in [5.74, 6) is 0. The number of rotatable bonds is 4. The van der Waals surface area contributed by atoms with Gasteiger partial charge in [0.25, 0.3) is 0 Å². The summed E-state index contributed by atoms with van der Waals surface area (Å²) in [6.45, 7) is 9.25. The molecule has 1 N–H and O–H groups in total. The first-order chi connectivity index (χ1) is 8.31. The lowest BCUT2D eigenvalue weighted by atomic mass is 10.1. The van der Waals surface area contributed by atoms with Crippen LogP contribution in [0.3, 0.4) is 0 Å². The van der Waals surface area contributed by atoms with Gasteiger partial charge in [0.2, 0.25) is 10.0 Å².